The van der Waals surface area contributed by atoms with Crippen LogP contribution in [0.5, 0.6) is 46.0 Å². The standard InChI is InChI=1S/C32H32O8/c1-33-25-15-26(34-2)22-9-21(25)17-11-29(37-5)30(38-6)12-18(17)23-10-24(28(36-4)16-27(23)35-3)20-14-32(40-8)31(39-7)13-19(20)22/h9-16H,1-8H3. The Bertz CT molecular complexity index is 1540. The molecule has 0 aromatic heterocycles. The molecule has 0 aliphatic heterocycles. The largest absolute Gasteiger partial charge is 0.496 e. The zero-order valence-electron chi connectivity index (χ0n) is 23.9. The van der Waals surface area contributed by atoms with E-state index in [1.165, 1.54) is 0 Å². The van der Waals surface area contributed by atoms with E-state index >= 15 is 0 Å². The highest BCUT2D eigenvalue weighted by atomic mass is 16.5. The fraction of sp³-hybridized carbons (Fsp3) is 0.250. The molecule has 0 unspecified atom stereocenters. The second-order valence-electron chi connectivity index (χ2n) is 9.01. The van der Waals surface area contributed by atoms with Gasteiger partial charge < -0.3 is 37.9 Å². The zero-order valence-corrected chi connectivity index (χ0v) is 23.9. The van der Waals surface area contributed by atoms with E-state index in [1.54, 1.807) is 56.9 Å². The zero-order chi connectivity index (χ0) is 28.6. The van der Waals surface area contributed by atoms with Gasteiger partial charge in [0.05, 0.1) is 56.9 Å². The number of methoxy groups -OCH3 is 8. The Balaban J connectivity index is 2.25. The molecule has 5 aromatic rings. The van der Waals surface area contributed by atoms with Gasteiger partial charge in [-0.2, -0.15) is 0 Å². The fourth-order valence-electron chi connectivity index (χ4n) is 5.29. The van der Waals surface area contributed by atoms with Crippen LogP contribution in [-0.2, 0) is 0 Å². The first kappa shape index (κ1) is 26.9. The van der Waals surface area contributed by atoms with E-state index in [-0.39, 0.29) is 0 Å². The predicted octanol–water partition coefficient (Wildman–Crippen LogP) is 6.93. The van der Waals surface area contributed by atoms with Crippen LogP contribution in [0, 0.1) is 0 Å². The number of hydrogen-bond donors (Lipinski definition) is 0. The summed E-state index contributed by atoms with van der Waals surface area (Å²) in [6.45, 7) is 0. The second-order valence-corrected chi connectivity index (χ2v) is 9.01. The van der Waals surface area contributed by atoms with Gasteiger partial charge in [0.25, 0.3) is 0 Å². The third-order valence-corrected chi connectivity index (χ3v) is 7.25. The predicted molar refractivity (Wildman–Crippen MR) is 158 cm³/mol. The van der Waals surface area contributed by atoms with E-state index < -0.39 is 0 Å². The van der Waals surface area contributed by atoms with Crippen molar-refractivity contribution >= 4 is 43.1 Å². The minimum Gasteiger partial charge on any atom is -0.496 e. The van der Waals surface area contributed by atoms with Crippen LogP contribution in [0.25, 0.3) is 43.1 Å². The molecular formula is C32H32O8. The summed E-state index contributed by atoms with van der Waals surface area (Å²) in [6, 6.07) is 15.7. The van der Waals surface area contributed by atoms with E-state index in [1.807, 2.05) is 36.4 Å². The molecule has 208 valence electrons. The van der Waals surface area contributed by atoms with Gasteiger partial charge in [-0.3, -0.25) is 0 Å². The van der Waals surface area contributed by atoms with Crippen molar-refractivity contribution in [3.63, 3.8) is 0 Å². The van der Waals surface area contributed by atoms with Gasteiger partial charge in [0.1, 0.15) is 23.0 Å². The molecular weight excluding hydrogens is 512 g/mol. The lowest BCUT2D eigenvalue weighted by Crippen LogP contribution is -1.95. The Labute approximate surface area is 232 Å². The number of rotatable bonds is 8. The highest BCUT2D eigenvalue weighted by molar-refractivity contribution is 6.18. The van der Waals surface area contributed by atoms with Crippen molar-refractivity contribution < 1.29 is 37.9 Å². The van der Waals surface area contributed by atoms with Crippen molar-refractivity contribution in [2.45, 2.75) is 0 Å². The molecule has 40 heavy (non-hydrogen) atoms. The Hall–Kier alpha value is -4.72. The molecule has 0 amide bonds. The van der Waals surface area contributed by atoms with Crippen LogP contribution in [0.3, 0.4) is 0 Å². The van der Waals surface area contributed by atoms with Crippen LogP contribution in [0.4, 0.5) is 0 Å². The molecule has 0 saturated heterocycles. The van der Waals surface area contributed by atoms with Crippen LogP contribution >= 0.6 is 0 Å². The summed E-state index contributed by atoms with van der Waals surface area (Å²) >= 11 is 0. The Morgan fingerprint density at radius 3 is 0.600 bits per heavy atom. The van der Waals surface area contributed by atoms with E-state index in [0.29, 0.717) is 46.0 Å². The molecule has 0 radical (unpaired) electrons. The average Bonchev–Trinajstić information content (AvgIpc) is 3.01. The van der Waals surface area contributed by atoms with Crippen LogP contribution in [-0.4, -0.2) is 56.9 Å². The van der Waals surface area contributed by atoms with E-state index in [2.05, 4.69) is 12.1 Å². The third kappa shape index (κ3) is 4.16. The summed E-state index contributed by atoms with van der Waals surface area (Å²) in [7, 11) is 13.0. The Morgan fingerprint density at radius 1 is 0.225 bits per heavy atom. The van der Waals surface area contributed by atoms with Gasteiger partial charge in [-0.1, -0.05) is 0 Å². The van der Waals surface area contributed by atoms with Gasteiger partial charge in [-0.05, 0) is 57.9 Å². The Morgan fingerprint density at radius 2 is 0.425 bits per heavy atom. The molecule has 4 bridgehead atoms. The smallest absolute Gasteiger partial charge is 0.161 e. The van der Waals surface area contributed by atoms with Crippen LogP contribution in [0.2, 0.25) is 0 Å². The minimum absolute atomic E-state index is 0.581. The molecule has 8 heteroatoms. The molecule has 0 spiro atoms. The quantitative estimate of drug-likeness (QED) is 0.208. The van der Waals surface area contributed by atoms with Crippen molar-refractivity contribution in [1.82, 2.24) is 0 Å². The first-order chi connectivity index (χ1) is 19.5. The Kier molecular flexibility index (Phi) is 7.26. The fourth-order valence-corrected chi connectivity index (χ4v) is 5.29. The lowest BCUT2D eigenvalue weighted by Gasteiger charge is -2.17. The molecule has 0 fully saturated rings. The van der Waals surface area contributed by atoms with Gasteiger partial charge in [0.2, 0.25) is 0 Å². The van der Waals surface area contributed by atoms with E-state index in [4.69, 9.17) is 37.9 Å². The number of benzene rings is 4. The molecule has 0 heterocycles. The van der Waals surface area contributed by atoms with E-state index in [0.717, 1.165) is 43.1 Å². The molecule has 0 N–H and O–H groups in total. The maximum absolute atomic E-state index is 5.89. The molecule has 0 aliphatic carbocycles. The monoisotopic (exact) mass is 544 g/mol. The van der Waals surface area contributed by atoms with Crippen molar-refractivity contribution in [1.29, 1.82) is 0 Å². The minimum atomic E-state index is 0.581. The van der Waals surface area contributed by atoms with Crippen molar-refractivity contribution in [3.8, 4) is 46.0 Å². The average molecular weight is 545 g/mol. The van der Waals surface area contributed by atoms with Gasteiger partial charge in [-0.15, -0.1) is 0 Å². The summed E-state index contributed by atoms with van der Waals surface area (Å²) in [5.41, 5.74) is 0. The molecule has 0 aliphatic rings. The molecule has 5 rings (SSSR count). The van der Waals surface area contributed by atoms with Crippen molar-refractivity contribution in [2.75, 3.05) is 56.9 Å². The van der Waals surface area contributed by atoms with Gasteiger partial charge in [-0.25, -0.2) is 0 Å². The normalized spacial score (nSPS) is 11.0. The first-order valence-corrected chi connectivity index (χ1v) is 12.5. The third-order valence-electron chi connectivity index (χ3n) is 7.25. The first-order valence-electron chi connectivity index (χ1n) is 12.5. The second kappa shape index (κ2) is 10.8. The summed E-state index contributed by atoms with van der Waals surface area (Å²) < 4.78 is 46.4. The van der Waals surface area contributed by atoms with Crippen LogP contribution in [0.1, 0.15) is 0 Å². The van der Waals surface area contributed by atoms with Gasteiger partial charge in [0, 0.05) is 33.7 Å². The maximum atomic E-state index is 5.89. The number of hydrogen-bond acceptors (Lipinski definition) is 8. The van der Waals surface area contributed by atoms with Gasteiger partial charge in [0.15, 0.2) is 23.0 Å². The summed E-state index contributed by atoms with van der Waals surface area (Å²) in [5, 5.41) is 6.75. The van der Waals surface area contributed by atoms with E-state index in [9.17, 15) is 0 Å². The molecule has 0 atom stereocenters. The SMILES string of the molecule is COc1cc2c3cc(c(OC)cc3OC)c3cc(OC)c(OC)cc3c3cc(c(OC)cc3OC)c2cc1OC. The van der Waals surface area contributed by atoms with Crippen molar-refractivity contribution in [3.05, 3.63) is 48.5 Å². The molecule has 0 saturated carbocycles. The maximum Gasteiger partial charge on any atom is 0.161 e. The summed E-state index contributed by atoms with van der Waals surface area (Å²) in [4.78, 5) is 0. The lowest BCUT2D eigenvalue weighted by molar-refractivity contribution is 0.356. The summed E-state index contributed by atoms with van der Waals surface area (Å²) in [5.74, 6) is 4.84. The highest BCUT2D eigenvalue weighted by Crippen LogP contribution is 2.47. The topological polar surface area (TPSA) is 73.8 Å². The van der Waals surface area contributed by atoms with Crippen molar-refractivity contribution in [2.24, 2.45) is 0 Å². The number of fused-ring (bicyclic) bond motifs is 10. The molecule has 8 nitrogen and oxygen atoms in total. The van der Waals surface area contributed by atoms with Crippen LogP contribution in [0.15, 0.2) is 48.5 Å². The molecule has 5 aromatic carbocycles. The highest BCUT2D eigenvalue weighted by Gasteiger charge is 2.19. The van der Waals surface area contributed by atoms with Crippen LogP contribution < -0.4 is 37.9 Å². The lowest BCUT2D eigenvalue weighted by atomic mass is 9.96. The van der Waals surface area contributed by atoms with Gasteiger partial charge >= 0.3 is 0 Å². The summed E-state index contributed by atoms with van der Waals surface area (Å²) in [6.07, 6.45) is 0. The number of ether oxygens (including phenoxy) is 8.